The SMILES string of the molecule is CCc1cccc(OC(=N/c2ccc(C)c(C)c2)/C(C)=C/Oc2ccc(OC)cc2)c1. The van der Waals surface area contributed by atoms with Gasteiger partial charge in [0, 0.05) is 5.57 Å². The smallest absolute Gasteiger partial charge is 0.225 e. The summed E-state index contributed by atoms with van der Waals surface area (Å²) in [6, 6.07) is 21.6. The topological polar surface area (TPSA) is 40.0 Å². The van der Waals surface area contributed by atoms with Crippen molar-refractivity contribution in [2.45, 2.75) is 34.1 Å². The van der Waals surface area contributed by atoms with Gasteiger partial charge < -0.3 is 14.2 Å². The van der Waals surface area contributed by atoms with E-state index in [2.05, 4.69) is 39.0 Å². The Morgan fingerprint density at radius 1 is 0.871 bits per heavy atom. The molecule has 0 aliphatic heterocycles. The molecule has 31 heavy (non-hydrogen) atoms. The van der Waals surface area contributed by atoms with Gasteiger partial charge in [0.1, 0.15) is 17.2 Å². The minimum absolute atomic E-state index is 0.491. The normalized spacial score (nSPS) is 11.9. The van der Waals surface area contributed by atoms with Gasteiger partial charge in [0.15, 0.2) is 0 Å². The van der Waals surface area contributed by atoms with Crippen molar-refractivity contribution in [3.63, 3.8) is 0 Å². The lowest BCUT2D eigenvalue weighted by Crippen LogP contribution is -2.11. The summed E-state index contributed by atoms with van der Waals surface area (Å²) in [4.78, 5) is 4.78. The Morgan fingerprint density at radius 3 is 2.29 bits per heavy atom. The second-order valence-electron chi connectivity index (χ2n) is 7.38. The van der Waals surface area contributed by atoms with E-state index in [1.54, 1.807) is 13.4 Å². The Balaban J connectivity index is 1.90. The second-order valence-corrected chi connectivity index (χ2v) is 7.38. The molecule has 0 heterocycles. The van der Waals surface area contributed by atoms with Crippen molar-refractivity contribution in [1.82, 2.24) is 0 Å². The molecule has 3 rings (SSSR count). The van der Waals surface area contributed by atoms with Crippen molar-refractivity contribution in [1.29, 1.82) is 0 Å². The molecule has 4 nitrogen and oxygen atoms in total. The minimum atomic E-state index is 0.491. The van der Waals surface area contributed by atoms with Gasteiger partial charge in [-0.15, -0.1) is 0 Å². The number of aryl methyl sites for hydroxylation is 3. The highest BCUT2D eigenvalue weighted by atomic mass is 16.5. The molecule has 0 bridgehead atoms. The molecule has 0 aliphatic carbocycles. The molecule has 0 amide bonds. The fraction of sp³-hybridized carbons (Fsp3) is 0.222. The van der Waals surface area contributed by atoms with E-state index in [4.69, 9.17) is 19.2 Å². The third-order valence-corrected chi connectivity index (χ3v) is 5.01. The van der Waals surface area contributed by atoms with Crippen LogP contribution in [0.3, 0.4) is 0 Å². The van der Waals surface area contributed by atoms with Crippen molar-refractivity contribution in [3.05, 3.63) is 95.3 Å². The molecule has 0 saturated carbocycles. The molecule has 0 saturated heterocycles. The monoisotopic (exact) mass is 415 g/mol. The van der Waals surface area contributed by atoms with Gasteiger partial charge in [-0.3, -0.25) is 0 Å². The van der Waals surface area contributed by atoms with Crippen molar-refractivity contribution in [2.75, 3.05) is 7.11 Å². The maximum absolute atomic E-state index is 6.20. The van der Waals surface area contributed by atoms with Gasteiger partial charge in [0.2, 0.25) is 5.90 Å². The van der Waals surface area contributed by atoms with Crippen molar-refractivity contribution < 1.29 is 14.2 Å². The first kappa shape index (κ1) is 22.2. The van der Waals surface area contributed by atoms with Gasteiger partial charge in [-0.05, 0) is 92.4 Å². The van der Waals surface area contributed by atoms with Crippen LogP contribution in [0.15, 0.2) is 83.6 Å². The first-order valence-corrected chi connectivity index (χ1v) is 10.4. The van der Waals surface area contributed by atoms with Crippen LogP contribution in [0.5, 0.6) is 17.2 Å². The molecule has 3 aromatic carbocycles. The number of nitrogens with zero attached hydrogens (tertiary/aromatic N) is 1. The summed E-state index contributed by atoms with van der Waals surface area (Å²) in [6.45, 7) is 8.21. The number of rotatable bonds is 7. The van der Waals surface area contributed by atoms with E-state index < -0.39 is 0 Å². The van der Waals surface area contributed by atoms with Gasteiger partial charge in [0.25, 0.3) is 0 Å². The Labute approximate surface area is 184 Å². The third kappa shape index (κ3) is 6.22. The summed E-state index contributed by atoms with van der Waals surface area (Å²) in [7, 11) is 1.64. The maximum Gasteiger partial charge on any atom is 0.225 e. The van der Waals surface area contributed by atoms with E-state index in [9.17, 15) is 0 Å². The highest BCUT2D eigenvalue weighted by molar-refractivity contribution is 5.96. The second kappa shape index (κ2) is 10.5. The van der Waals surface area contributed by atoms with Crippen molar-refractivity contribution in [2.24, 2.45) is 4.99 Å². The molecule has 4 heteroatoms. The molecule has 0 atom stereocenters. The zero-order valence-electron chi connectivity index (χ0n) is 18.8. The highest BCUT2D eigenvalue weighted by Crippen LogP contribution is 2.22. The lowest BCUT2D eigenvalue weighted by molar-refractivity contribution is 0.412. The number of aliphatic imine (C=N–C) groups is 1. The van der Waals surface area contributed by atoms with Gasteiger partial charge >= 0.3 is 0 Å². The molecule has 0 aliphatic rings. The summed E-state index contributed by atoms with van der Waals surface area (Å²) in [5.41, 5.74) is 5.23. The standard InChI is InChI=1S/C27H29NO3/c1-6-22-8-7-9-26(17-22)31-27(28-23-11-10-19(2)20(3)16-23)21(4)18-30-25-14-12-24(29-5)13-15-25/h7-18H,6H2,1-5H3/b21-18+,28-27+. The molecule has 0 spiro atoms. The van der Waals surface area contributed by atoms with Gasteiger partial charge in [0.05, 0.1) is 19.1 Å². The minimum Gasteiger partial charge on any atom is -0.497 e. The van der Waals surface area contributed by atoms with E-state index in [0.29, 0.717) is 11.6 Å². The first-order chi connectivity index (χ1) is 15.0. The molecule has 0 radical (unpaired) electrons. The van der Waals surface area contributed by atoms with E-state index in [1.165, 1.54) is 16.7 Å². The van der Waals surface area contributed by atoms with E-state index in [-0.39, 0.29) is 0 Å². The largest absolute Gasteiger partial charge is 0.497 e. The quantitative estimate of drug-likeness (QED) is 0.238. The molecule has 0 unspecified atom stereocenters. The van der Waals surface area contributed by atoms with E-state index >= 15 is 0 Å². The Kier molecular flexibility index (Phi) is 7.50. The van der Waals surface area contributed by atoms with Crippen LogP contribution in [-0.2, 0) is 6.42 Å². The zero-order chi connectivity index (χ0) is 22.2. The average molecular weight is 416 g/mol. The third-order valence-electron chi connectivity index (χ3n) is 5.01. The van der Waals surface area contributed by atoms with Crippen LogP contribution >= 0.6 is 0 Å². The van der Waals surface area contributed by atoms with Gasteiger partial charge in [-0.2, -0.15) is 0 Å². The number of benzene rings is 3. The lowest BCUT2D eigenvalue weighted by atomic mass is 10.1. The first-order valence-electron chi connectivity index (χ1n) is 10.4. The van der Waals surface area contributed by atoms with Crippen LogP contribution in [0.2, 0.25) is 0 Å². The predicted octanol–water partition coefficient (Wildman–Crippen LogP) is 6.97. The molecule has 0 aromatic heterocycles. The Hall–Kier alpha value is -3.53. The number of hydrogen-bond acceptors (Lipinski definition) is 4. The van der Waals surface area contributed by atoms with Crippen LogP contribution in [-0.4, -0.2) is 13.0 Å². The van der Waals surface area contributed by atoms with Crippen LogP contribution in [0.25, 0.3) is 0 Å². The van der Waals surface area contributed by atoms with E-state index in [0.717, 1.165) is 29.2 Å². The van der Waals surface area contributed by atoms with Crippen molar-refractivity contribution >= 4 is 11.6 Å². The maximum atomic E-state index is 6.20. The number of methoxy groups -OCH3 is 1. The average Bonchev–Trinajstić information content (AvgIpc) is 2.80. The summed E-state index contributed by atoms with van der Waals surface area (Å²) in [5.74, 6) is 2.73. The lowest BCUT2D eigenvalue weighted by Gasteiger charge is -2.12. The van der Waals surface area contributed by atoms with Crippen LogP contribution < -0.4 is 14.2 Å². The number of ether oxygens (including phenoxy) is 3. The Morgan fingerprint density at radius 2 is 1.61 bits per heavy atom. The molecular formula is C27H29NO3. The zero-order valence-corrected chi connectivity index (χ0v) is 18.8. The fourth-order valence-corrected chi connectivity index (χ4v) is 2.91. The van der Waals surface area contributed by atoms with E-state index in [1.807, 2.05) is 55.5 Å². The van der Waals surface area contributed by atoms with Crippen LogP contribution in [0.4, 0.5) is 5.69 Å². The summed E-state index contributed by atoms with van der Waals surface area (Å²) >= 11 is 0. The molecule has 3 aromatic rings. The van der Waals surface area contributed by atoms with Crippen molar-refractivity contribution in [3.8, 4) is 17.2 Å². The predicted molar refractivity (Wildman–Crippen MR) is 127 cm³/mol. The fourth-order valence-electron chi connectivity index (χ4n) is 2.91. The molecule has 0 N–H and O–H groups in total. The number of hydrogen-bond donors (Lipinski definition) is 0. The highest BCUT2D eigenvalue weighted by Gasteiger charge is 2.09. The molecule has 160 valence electrons. The summed E-state index contributed by atoms with van der Waals surface area (Å²) in [6.07, 6.45) is 2.60. The summed E-state index contributed by atoms with van der Waals surface area (Å²) < 4.78 is 17.2. The van der Waals surface area contributed by atoms with Crippen LogP contribution in [0, 0.1) is 13.8 Å². The molecular weight excluding hydrogens is 386 g/mol. The molecule has 0 fully saturated rings. The van der Waals surface area contributed by atoms with Crippen LogP contribution in [0.1, 0.15) is 30.5 Å². The van der Waals surface area contributed by atoms with Gasteiger partial charge in [-0.25, -0.2) is 4.99 Å². The van der Waals surface area contributed by atoms with Gasteiger partial charge in [-0.1, -0.05) is 25.1 Å². The summed E-state index contributed by atoms with van der Waals surface area (Å²) in [5, 5.41) is 0. The Bertz CT molecular complexity index is 1080.